The Bertz CT molecular complexity index is 667. The first-order valence-corrected chi connectivity index (χ1v) is 9.19. The molecule has 1 spiro atoms. The van der Waals surface area contributed by atoms with E-state index in [4.69, 9.17) is 9.15 Å². The van der Waals surface area contributed by atoms with Crippen molar-refractivity contribution in [2.24, 2.45) is 5.41 Å². The molecule has 3 fully saturated rings. The van der Waals surface area contributed by atoms with Gasteiger partial charge in [-0.3, -0.25) is 9.59 Å². The fourth-order valence-corrected chi connectivity index (χ4v) is 4.52. The van der Waals surface area contributed by atoms with Crippen LogP contribution < -0.4 is 0 Å². The largest absolute Gasteiger partial charge is 0.438 e. The van der Waals surface area contributed by atoms with Gasteiger partial charge in [-0.2, -0.15) is 0 Å². The molecule has 1 atom stereocenters. The number of amides is 2. The fraction of sp³-hybridized carbons (Fsp3) is 0.722. The Morgan fingerprint density at radius 1 is 1.28 bits per heavy atom. The molecule has 0 unspecified atom stereocenters. The maximum atomic E-state index is 13.3. The first-order chi connectivity index (χ1) is 12.1. The van der Waals surface area contributed by atoms with Crippen LogP contribution in [0.15, 0.2) is 10.8 Å². The van der Waals surface area contributed by atoms with Crippen LogP contribution in [0.4, 0.5) is 0 Å². The summed E-state index contributed by atoms with van der Waals surface area (Å²) in [7, 11) is 0. The van der Waals surface area contributed by atoms with E-state index in [1.54, 1.807) is 11.8 Å². The molecule has 0 aliphatic carbocycles. The molecule has 0 radical (unpaired) electrons. The van der Waals surface area contributed by atoms with Crippen molar-refractivity contribution in [2.45, 2.75) is 45.1 Å². The maximum Gasteiger partial charge on any atom is 0.291 e. The van der Waals surface area contributed by atoms with Crippen LogP contribution in [0.25, 0.3) is 0 Å². The average Bonchev–Trinajstić information content (AvgIpc) is 3.25. The van der Waals surface area contributed by atoms with Crippen molar-refractivity contribution in [3.63, 3.8) is 0 Å². The number of aromatic nitrogens is 1. The lowest BCUT2D eigenvalue weighted by atomic mass is 9.77. The van der Waals surface area contributed by atoms with Crippen molar-refractivity contribution in [3.8, 4) is 0 Å². The topological polar surface area (TPSA) is 75.9 Å². The van der Waals surface area contributed by atoms with Crippen molar-refractivity contribution in [2.75, 3.05) is 32.8 Å². The van der Waals surface area contributed by atoms with Crippen LogP contribution in [0, 0.1) is 12.3 Å². The SMILES string of the molecule is Cc1ncoc1C(=O)N1CC[C@@]2(CCCN(C3CCOCC3)C2=O)C1. The summed E-state index contributed by atoms with van der Waals surface area (Å²) in [6.45, 7) is 5.16. The standard InChI is InChI=1S/C18H25N3O4/c1-13-15(25-12-19-13)16(22)20-8-6-18(11-20)5-2-7-21(17(18)23)14-3-9-24-10-4-14/h12,14H,2-11H2,1H3/t18-/m0/s1. The highest BCUT2D eigenvalue weighted by Gasteiger charge is 2.51. The number of rotatable bonds is 2. The molecule has 3 aliphatic heterocycles. The number of ether oxygens (including phenoxy) is 1. The van der Waals surface area contributed by atoms with Crippen LogP contribution in [-0.2, 0) is 9.53 Å². The molecule has 0 N–H and O–H groups in total. The molecule has 3 aliphatic rings. The van der Waals surface area contributed by atoms with Crippen LogP contribution in [0.1, 0.15) is 48.4 Å². The predicted molar refractivity (Wildman–Crippen MR) is 89.0 cm³/mol. The van der Waals surface area contributed by atoms with Gasteiger partial charge in [0.2, 0.25) is 11.7 Å². The van der Waals surface area contributed by atoms with Gasteiger partial charge in [-0.25, -0.2) is 4.98 Å². The molecule has 3 saturated heterocycles. The Kier molecular flexibility index (Phi) is 4.27. The highest BCUT2D eigenvalue weighted by Crippen LogP contribution is 2.41. The summed E-state index contributed by atoms with van der Waals surface area (Å²) in [5, 5.41) is 0. The van der Waals surface area contributed by atoms with Gasteiger partial charge in [-0.15, -0.1) is 0 Å². The van der Waals surface area contributed by atoms with Crippen LogP contribution in [0.3, 0.4) is 0 Å². The monoisotopic (exact) mass is 347 g/mol. The van der Waals surface area contributed by atoms with E-state index in [0.29, 0.717) is 30.6 Å². The maximum absolute atomic E-state index is 13.3. The van der Waals surface area contributed by atoms with E-state index in [-0.39, 0.29) is 11.8 Å². The Morgan fingerprint density at radius 2 is 2.08 bits per heavy atom. The molecule has 0 bridgehead atoms. The van der Waals surface area contributed by atoms with E-state index in [9.17, 15) is 9.59 Å². The van der Waals surface area contributed by atoms with Gasteiger partial charge in [0.25, 0.3) is 5.91 Å². The summed E-state index contributed by atoms with van der Waals surface area (Å²) in [5.74, 6) is 0.375. The van der Waals surface area contributed by atoms with E-state index in [1.807, 2.05) is 0 Å². The lowest BCUT2D eigenvalue weighted by molar-refractivity contribution is -0.150. The quantitative estimate of drug-likeness (QED) is 0.812. The third kappa shape index (κ3) is 2.84. The van der Waals surface area contributed by atoms with Crippen LogP contribution in [0.2, 0.25) is 0 Å². The Balaban J connectivity index is 1.49. The van der Waals surface area contributed by atoms with Crippen molar-refractivity contribution < 1.29 is 18.7 Å². The minimum Gasteiger partial charge on any atom is -0.438 e. The molecule has 0 saturated carbocycles. The zero-order valence-corrected chi connectivity index (χ0v) is 14.7. The number of likely N-dealkylation sites (tertiary alicyclic amines) is 2. The molecule has 0 aromatic carbocycles. The summed E-state index contributed by atoms with van der Waals surface area (Å²) in [6, 6.07) is 0.291. The van der Waals surface area contributed by atoms with Gasteiger partial charge in [0.05, 0.1) is 11.1 Å². The number of aryl methyl sites for hydroxylation is 1. The van der Waals surface area contributed by atoms with E-state index < -0.39 is 5.41 Å². The zero-order valence-electron chi connectivity index (χ0n) is 14.7. The highest BCUT2D eigenvalue weighted by molar-refractivity contribution is 5.94. The smallest absolute Gasteiger partial charge is 0.291 e. The first-order valence-electron chi connectivity index (χ1n) is 9.19. The lowest BCUT2D eigenvalue weighted by Gasteiger charge is -2.44. The number of hydrogen-bond acceptors (Lipinski definition) is 5. The highest BCUT2D eigenvalue weighted by atomic mass is 16.5. The second-order valence-corrected chi connectivity index (χ2v) is 7.47. The zero-order chi connectivity index (χ0) is 17.4. The third-order valence-corrected chi connectivity index (χ3v) is 5.98. The van der Waals surface area contributed by atoms with E-state index >= 15 is 0 Å². The second kappa shape index (κ2) is 6.44. The van der Waals surface area contributed by atoms with Crippen molar-refractivity contribution in [1.29, 1.82) is 0 Å². The summed E-state index contributed by atoms with van der Waals surface area (Å²) in [4.78, 5) is 33.8. The first kappa shape index (κ1) is 16.6. The molecule has 4 rings (SSSR count). The summed E-state index contributed by atoms with van der Waals surface area (Å²) < 4.78 is 10.7. The third-order valence-electron chi connectivity index (χ3n) is 5.98. The van der Waals surface area contributed by atoms with Gasteiger partial charge >= 0.3 is 0 Å². The van der Waals surface area contributed by atoms with Crippen LogP contribution >= 0.6 is 0 Å². The number of piperidine rings is 1. The summed E-state index contributed by atoms with van der Waals surface area (Å²) >= 11 is 0. The predicted octanol–water partition coefficient (Wildman–Crippen LogP) is 1.62. The molecule has 2 amide bonds. The van der Waals surface area contributed by atoms with Gasteiger partial charge in [0, 0.05) is 38.9 Å². The summed E-state index contributed by atoms with van der Waals surface area (Å²) in [6.07, 6.45) is 5.75. The van der Waals surface area contributed by atoms with Crippen molar-refractivity contribution in [3.05, 3.63) is 17.8 Å². The number of carbonyl (C=O) groups excluding carboxylic acids is 2. The number of carbonyl (C=O) groups is 2. The average molecular weight is 347 g/mol. The minimum atomic E-state index is -0.417. The van der Waals surface area contributed by atoms with Crippen LogP contribution in [0.5, 0.6) is 0 Å². The van der Waals surface area contributed by atoms with Crippen molar-refractivity contribution in [1.82, 2.24) is 14.8 Å². The van der Waals surface area contributed by atoms with Gasteiger partial charge in [0.1, 0.15) is 0 Å². The Morgan fingerprint density at radius 3 is 2.80 bits per heavy atom. The fourth-order valence-electron chi connectivity index (χ4n) is 4.52. The summed E-state index contributed by atoms with van der Waals surface area (Å²) in [5.41, 5.74) is 0.185. The van der Waals surface area contributed by atoms with E-state index in [1.165, 1.54) is 6.39 Å². The van der Waals surface area contributed by atoms with E-state index in [0.717, 1.165) is 51.9 Å². The number of oxazole rings is 1. The molecule has 1 aromatic rings. The molecule has 136 valence electrons. The normalized spacial score (nSPS) is 28.1. The van der Waals surface area contributed by atoms with Crippen molar-refractivity contribution >= 4 is 11.8 Å². The van der Waals surface area contributed by atoms with Crippen LogP contribution in [-0.4, -0.2) is 65.5 Å². The van der Waals surface area contributed by atoms with Gasteiger partial charge < -0.3 is 19.0 Å². The molecule has 1 aromatic heterocycles. The molecular formula is C18H25N3O4. The Hall–Kier alpha value is -1.89. The number of nitrogens with zero attached hydrogens (tertiary/aromatic N) is 3. The molecule has 7 heteroatoms. The molecule has 4 heterocycles. The molecule has 25 heavy (non-hydrogen) atoms. The van der Waals surface area contributed by atoms with E-state index in [2.05, 4.69) is 9.88 Å². The van der Waals surface area contributed by atoms with Gasteiger partial charge in [-0.1, -0.05) is 0 Å². The van der Waals surface area contributed by atoms with Gasteiger partial charge in [0.15, 0.2) is 6.39 Å². The molecular weight excluding hydrogens is 322 g/mol. The lowest BCUT2D eigenvalue weighted by Crippen LogP contribution is -2.55. The minimum absolute atomic E-state index is 0.150. The van der Waals surface area contributed by atoms with Gasteiger partial charge in [-0.05, 0) is 39.0 Å². The Labute approximate surface area is 147 Å². The molecule has 7 nitrogen and oxygen atoms in total. The second-order valence-electron chi connectivity index (χ2n) is 7.47. The number of hydrogen-bond donors (Lipinski definition) is 0.